The number of carbonyl (C=O) groups excluding carboxylic acids is 1. The highest BCUT2D eigenvalue weighted by Crippen LogP contribution is 2.22. The van der Waals surface area contributed by atoms with Gasteiger partial charge in [0.15, 0.2) is 0 Å². The third-order valence-corrected chi connectivity index (χ3v) is 5.89. The lowest BCUT2D eigenvalue weighted by Crippen LogP contribution is -2.29. The minimum Gasteiger partial charge on any atom is -0.326 e. The standard InChI is InChI=1S/C18H17Cl2N3O3S/c19-13-7-6-12(16(20)10-13)9-18(24)22-14-3-1-4-15(11-14)27(25,26)23-17-5-2-8-21-17/h1,3-4,6-7,10-11H,2,5,8-9H2,(H,21,23)(H,22,24). The minimum absolute atomic E-state index is 0.0437. The highest BCUT2D eigenvalue weighted by Gasteiger charge is 2.19. The molecule has 1 amide bonds. The van der Waals surface area contributed by atoms with E-state index in [1.165, 1.54) is 12.1 Å². The first-order valence-electron chi connectivity index (χ1n) is 8.23. The number of anilines is 1. The van der Waals surface area contributed by atoms with Gasteiger partial charge in [0, 0.05) is 28.7 Å². The lowest BCUT2D eigenvalue weighted by atomic mass is 10.1. The summed E-state index contributed by atoms with van der Waals surface area (Å²) in [5.74, 6) is 0.142. The van der Waals surface area contributed by atoms with Crippen molar-refractivity contribution >= 4 is 50.7 Å². The Morgan fingerprint density at radius 2 is 1.96 bits per heavy atom. The molecule has 3 rings (SSSR count). The Hall–Kier alpha value is -2.09. The van der Waals surface area contributed by atoms with Crippen LogP contribution in [0.1, 0.15) is 18.4 Å². The molecule has 2 N–H and O–H groups in total. The lowest BCUT2D eigenvalue weighted by Gasteiger charge is -2.10. The summed E-state index contributed by atoms with van der Waals surface area (Å²) in [5, 5.41) is 3.57. The van der Waals surface area contributed by atoms with Crippen molar-refractivity contribution in [2.75, 3.05) is 11.9 Å². The number of nitrogens with one attached hydrogen (secondary N) is 2. The Bertz CT molecular complexity index is 1010. The fraction of sp³-hybridized carbons (Fsp3) is 0.222. The van der Waals surface area contributed by atoms with Gasteiger partial charge in [-0.15, -0.1) is 0 Å². The monoisotopic (exact) mass is 425 g/mol. The molecule has 0 aliphatic carbocycles. The zero-order chi connectivity index (χ0) is 19.4. The number of hydrogen-bond donors (Lipinski definition) is 2. The van der Waals surface area contributed by atoms with E-state index in [0.717, 1.165) is 6.42 Å². The van der Waals surface area contributed by atoms with Gasteiger partial charge >= 0.3 is 0 Å². The summed E-state index contributed by atoms with van der Waals surface area (Å²) < 4.78 is 27.4. The summed E-state index contributed by atoms with van der Waals surface area (Å²) in [4.78, 5) is 16.4. The zero-order valence-corrected chi connectivity index (χ0v) is 16.5. The molecule has 0 radical (unpaired) electrons. The molecule has 0 atom stereocenters. The number of aliphatic imine (C=N–C) groups is 1. The molecule has 0 aromatic heterocycles. The van der Waals surface area contributed by atoms with Crippen molar-refractivity contribution in [2.24, 2.45) is 4.99 Å². The van der Waals surface area contributed by atoms with Crippen molar-refractivity contribution in [2.45, 2.75) is 24.2 Å². The van der Waals surface area contributed by atoms with Crippen molar-refractivity contribution in [3.63, 3.8) is 0 Å². The van der Waals surface area contributed by atoms with Gasteiger partial charge < -0.3 is 5.32 Å². The van der Waals surface area contributed by atoms with Crippen LogP contribution in [0.25, 0.3) is 0 Å². The minimum atomic E-state index is -3.74. The molecule has 9 heteroatoms. The number of amides is 1. The number of benzene rings is 2. The number of carbonyl (C=O) groups is 1. The van der Waals surface area contributed by atoms with E-state index in [-0.39, 0.29) is 17.2 Å². The Balaban J connectivity index is 1.70. The van der Waals surface area contributed by atoms with Crippen LogP contribution < -0.4 is 10.0 Å². The number of halogens is 2. The summed E-state index contributed by atoms with van der Waals surface area (Å²) in [7, 11) is -3.74. The molecule has 27 heavy (non-hydrogen) atoms. The molecular formula is C18H17Cl2N3O3S. The van der Waals surface area contributed by atoms with Crippen LogP contribution in [-0.4, -0.2) is 26.7 Å². The molecule has 0 saturated heterocycles. The van der Waals surface area contributed by atoms with Gasteiger partial charge in [0.2, 0.25) is 5.91 Å². The van der Waals surface area contributed by atoms with Crippen molar-refractivity contribution in [1.82, 2.24) is 4.72 Å². The summed E-state index contributed by atoms with van der Waals surface area (Å²) in [5.41, 5.74) is 1.00. The summed E-state index contributed by atoms with van der Waals surface area (Å²) in [6.07, 6.45) is 1.49. The highest BCUT2D eigenvalue weighted by atomic mass is 35.5. The first kappa shape index (κ1) is 19.7. The lowest BCUT2D eigenvalue weighted by molar-refractivity contribution is -0.115. The number of nitrogens with zero attached hydrogens (tertiary/aromatic N) is 1. The van der Waals surface area contributed by atoms with Gasteiger partial charge in [-0.05, 0) is 42.3 Å². The topological polar surface area (TPSA) is 87.6 Å². The predicted octanol–water partition coefficient (Wildman–Crippen LogP) is 3.65. The number of hydrogen-bond acceptors (Lipinski definition) is 4. The predicted molar refractivity (Wildman–Crippen MR) is 107 cm³/mol. The molecule has 142 valence electrons. The van der Waals surface area contributed by atoms with Crippen molar-refractivity contribution in [3.8, 4) is 0 Å². The van der Waals surface area contributed by atoms with Gasteiger partial charge in [-0.3, -0.25) is 14.5 Å². The largest absolute Gasteiger partial charge is 0.326 e. The maximum atomic E-state index is 12.5. The molecule has 0 saturated carbocycles. The van der Waals surface area contributed by atoms with E-state index in [1.807, 2.05) is 0 Å². The fourth-order valence-corrected chi connectivity index (χ4v) is 4.23. The van der Waals surface area contributed by atoms with E-state index in [9.17, 15) is 13.2 Å². The van der Waals surface area contributed by atoms with Gasteiger partial charge in [-0.1, -0.05) is 35.3 Å². The third kappa shape index (κ3) is 5.22. The van der Waals surface area contributed by atoms with Crippen LogP contribution in [0.4, 0.5) is 5.69 Å². The Kier molecular flexibility index (Phi) is 6.04. The Labute approximate surface area is 167 Å². The number of amidine groups is 1. The van der Waals surface area contributed by atoms with Crippen molar-refractivity contribution in [1.29, 1.82) is 0 Å². The van der Waals surface area contributed by atoms with E-state index >= 15 is 0 Å². The van der Waals surface area contributed by atoms with Gasteiger partial charge in [-0.2, -0.15) is 0 Å². The molecule has 2 aromatic rings. The molecule has 0 bridgehead atoms. The van der Waals surface area contributed by atoms with E-state index in [4.69, 9.17) is 23.2 Å². The van der Waals surface area contributed by atoms with E-state index in [0.29, 0.717) is 40.1 Å². The van der Waals surface area contributed by atoms with Gasteiger partial charge in [0.05, 0.1) is 11.3 Å². The molecule has 6 nitrogen and oxygen atoms in total. The van der Waals surface area contributed by atoms with Gasteiger partial charge in [-0.25, -0.2) is 8.42 Å². The van der Waals surface area contributed by atoms with Crippen LogP contribution in [0, 0.1) is 0 Å². The van der Waals surface area contributed by atoms with E-state index < -0.39 is 10.0 Å². The first-order valence-corrected chi connectivity index (χ1v) is 10.5. The van der Waals surface area contributed by atoms with Crippen molar-refractivity contribution in [3.05, 3.63) is 58.1 Å². The normalized spacial score (nSPS) is 13.9. The molecule has 0 spiro atoms. The van der Waals surface area contributed by atoms with E-state index in [2.05, 4.69) is 15.0 Å². The maximum absolute atomic E-state index is 12.5. The van der Waals surface area contributed by atoms with Crippen LogP contribution in [0.2, 0.25) is 10.0 Å². The zero-order valence-electron chi connectivity index (χ0n) is 14.2. The van der Waals surface area contributed by atoms with E-state index in [1.54, 1.807) is 30.3 Å². The third-order valence-electron chi connectivity index (χ3n) is 3.92. The molecule has 0 unspecified atom stereocenters. The summed E-state index contributed by atoms with van der Waals surface area (Å²) >= 11 is 11.9. The second-order valence-corrected chi connectivity index (χ2v) is 8.55. The van der Waals surface area contributed by atoms with Crippen LogP contribution >= 0.6 is 23.2 Å². The SMILES string of the molecule is O=C(Cc1ccc(Cl)cc1Cl)Nc1cccc(S(=O)(=O)NC2=NCCC2)c1. The Morgan fingerprint density at radius 1 is 1.15 bits per heavy atom. The second-order valence-electron chi connectivity index (χ2n) is 6.03. The molecule has 0 fully saturated rings. The molecule has 1 heterocycles. The smallest absolute Gasteiger partial charge is 0.262 e. The fourth-order valence-electron chi connectivity index (χ4n) is 2.62. The van der Waals surface area contributed by atoms with Crippen LogP contribution in [0.3, 0.4) is 0 Å². The van der Waals surface area contributed by atoms with Crippen LogP contribution in [0.5, 0.6) is 0 Å². The average molecular weight is 426 g/mol. The van der Waals surface area contributed by atoms with Crippen LogP contribution in [0.15, 0.2) is 52.4 Å². The second kappa shape index (κ2) is 8.29. The summed E-state index contributed by atoms with van der Waals surface area (Å²) in [6, 6.07) is 10.9. The maximum Gasteiger partial charge on any atom is 0.262 e. The van der Waals surface area contributed by atoms with Crippen molar-refractivity contribution < 1.29 is 13.2 Å². The highest BCUT2D eigenvalue weighted by molar-refractivity contribution is 7.90. The Morgan fingerprint density at radius 3 is 2.67 bits per heavy atom. The van der Waals surface area contributed by atoms with Gasteiger partial charge in [0.25, 0.3) is 10.0 Å². The van der Waals surface area contributed by atoms with Gasteiger partial charge in [0.1, 0.15) is 5.84 Å². The average Bonchev–Trinajstić information content (AvgIpc) is 3.10. The summed E-state index contributed by atoms with van der Waals surface area (Å²) in [6.45, 7) is 0.626. The number of rotatable bonds is 5. The molecule has 1 aliphatic heterocycles. The molecule has 2 aromatic carbocycles. The molecule has 1 aliphatic rings. The van der Waals surface area contributed by atoms with Crippen LogP contribution in [-0.2, 0) is 21.2 Å². The molecular weight excluding hydrogens is 409 g/mol. The first-order chi connectivity index (χ1) is 12.8. The quantitative estimate of drug-likeness (QED) is 0.765. The number of sulfonamides is 1.